The molecule has 5 heteroatoms. The van der Waals surface area contributed by atoms with Crippen molar-refractivity contribution in [1.82, 2.24) is 10.2 Å². The zero-order valence-electron chi connectivity index (χ0n) is 8.86. The largest absolute Gasteiger partial charge is 0.380 e. The lowest BCUT2D eigenvalue weighted by atomic mass is 10.1. The maximum absolute atomic E-state index is 11.2. The summed E-state index contributed by atoms with van der Waals surface area (Å²) < 4.78 is 5.36. The van der Waals surface area contributed by atoms with Crippen LogP contribution in [0.2, 0.25) is 0 Å². The summed E-state index contributed by atoms with van der Waals surface area (Å²) in [4.78, 5) is 24.4. The first-order valence-corrected chi connectivity index (χ1v) is 5.30. The summed E-state index contributed by atoms with van der Waals surface area (Å²) in [5.41, 5.74) is 0. The molecule has 0 radical (unpaired) electrons. The lowest BCUT2D eigenvalue weighted by Crippen LogP contribution is -2.56. The van der Waals surface area contributed by atoms with Gasteiger partial charge in [0.1, 0.15) is 0 Å². The maximum Gasteiger partial charge on any atom is 0.240 e. The minimum absolute atomic E-state index is 0.170. The van der Waals surface area contributed by atoms with Crippen LogP contribution in [0.4, 0.5) is 0 Å². The third-order valence-electron chi connectivity index (χ3n) is 3.16. The average molecular weight is 212 g/mol. The molecule has 1 N–H and O–H groups in total. The van der Waals surface area contributed by atoms with Gasteiger partial charge >= 0.3 is 0 Å². The van der Waals surface area contributed by atoms with E-state index in [0.717, 1.165) is 19.3 Å². The van der Waals surface area contributed by atoms with E-state index in [9.17, 15) is 9.59 Å². The monoisotopic (exact) mass is 212 g/mol. The Morgan fingerprint density at radius 1 is 1.27 bits per heavy atom. The third-order valence-corrected chi connectivity index (χ3v) is 3.16. The third kappa shape index (κ3) is 2.18. The van der Waals surface area contributed by atoms with Gasteiger partial charge in [0.2, 0.25) is 11.8 Å². The molecule has 1 aliphatic heterocycles. The highest BCUT2D eigenvalue weighted by atomic mass is 16.5. The first-order valence-electron chi connectivity index (χ1n) is 5.30. The van der Waals surface area contributed by atoms with Crippen molar-refractivity contribution in [3.05, 3.63) is 0 Å². The molecule has 2 aliphatic rings. The fourth-order valence-corrected chi connectivity index (χ4v) is 2.49. The van der Waals surface area contributed by atoms with Gasteiger partial charge in [0.15, 0.2) is 0 Å². The molecular formula is C10H16N2O3. The summed E-state index contributed by atoms with van der Waals surface area (Å²) in [6.07, 6.45) is 3.31. The van der Waals surface area contributed by atoms with E-state index in [1.165, 1.54) is 0 Å². The lowest BCUT2D eigenvalue weighted by molar-refractivity contribution is -0.138. The number of rotatable bonds is 2. The van der Waals surface area contributed by atoms with Gasteiger partial charge in [0, 0.05) is 13.2 Å². The molecule has 0 bridgehead atoms. The van der Waals surface area contributed by atoms with Crippen molar-refractivity contribution < 1.29 is 14.3 Å². The molecule has 0 aromatic carbocycles. The number of carbonyl (C=O) groups excluding carboxylic acids is 2. The van der Waals surface area contributed by atoms with E-state index in [-0.39, 0.29) is 24.0 Å². The Kier molecular flexibility index (Phi) is 3.02. The molecule has 5 nitrogen and oxygen atoms in total. The van der Waals surface area contributed by atoms with Crippen LogP contribution in [0, 0.1) is 0 Å². The highest BCUT2D eigenvalue weighted by molar-refractivity contribution is 5.99. The molecule has 2 fully saturated rings. The van der Waals surface area contributed by atoms with E-state index in [1.54, 1.807) is 7.11 Å². The molecule has 1 heterocycles. The Labute approximate surface area is 88.8 Å². The molecule has 1 saturated carbocycles. The number of nitrogens with zero attached hydrogens (tertiary/aromatic N) is 1. The van der Waals surface area contributed by atoms with Crippen LogP contribution in [0.15, 0.2) is 0 Å². The van der Waals surface area contributed by atoms with E-state index in [1.807, 2.05) is 4.90 Å². The van der Waals surface area contributed by atoms with Crippen LogP contribution in [0.3, 0.4) is 0 Å². The van der Waals surface area contributed by atoms with Crippen molar-refractivity contribution in [2.24, 2.45) is 0 Å². The van der Waals surface area contributed by atoms with E-state index in [2.05, 4.69) is 5.32 Å². The average Bonchev–Trinajstić information content (AvgIpc) is 2.63. The van der Waals surface area contributed by atoms with Gasteiger partial charge in [-0.3, -0.25) is 19.8 Å². The van der Waals surface area contributed by atoms with Crippen LogP contribution >= 0.6 is 0 Å². The zero-order chi connectivity index (χ0) is 10.8. The SMILES string of the molecule is COC1CCCC1N1CC(=O)NC(=O)C1. The van der Waals surface area contributed by atoms with E-state index in [4.69, 9.17) is 4.74 Å². The quantitative estimate of drug-likeness (QED) is 0.628. The minimum atomic E-state index is -0.201. The number of nitrogens with one attached hydrogen (secondary N) is 1. The zero-order valence-corrected chi connectivity index (χ0v) is 8.86. The number of imide groups is 1. The molecule has 0 aromatic rings. The molecule has 2 amide bonds. The Morgan fingerprint density at radius 3 is 2.53 bits per heavy atom. The predicted octanol–water partition coefficient (Wildman–Crippen LogP) is -0.488. The van der Waals surface area contributed by atoms with Gasteiger partial charge in [-0.2, -0.15) is 0 Å². The van der Waals surface area contributed by atoms with Gasteiger partial charge < -0.3 is 4.74 Å². The fourth-order valence-electron chi connectivity index (χ4n) is 2.49. The molecule has 0 aromatic heterocycles. The van der Waals surface area contributed by atoms with Crippen molar-refractivity contribution in [2.45, 2.75) is 31.4 Å². The maximum atomic E-state index is 11.2. The van der Waals surface area contributed by atoms with Crippen molar-refractivity contribution in [1.29, 1.82) is 0 Å². The summed E-state index contributed by atoms with van der Waals surface area (Å²) in [5, 5.41) is 2.31. The molecule has 1 saturated heterocycles. The molecule has 0 spiro atoms. The van der Waals surface area contributed by atoms with Crippen LogP contribution in [-0.2, 0) is 14.3 Å². The summed E-state index contributed by atoms with van der Waals surface area (Å²) in [6.45, 7) is 0.631. The summed E-state index contributed by atoms with van der Waals surface area (Å²) in [7, 11) is 1.69. The topological polar surface area (TPSA) is 58.6 Å². The summed E-state index contributed by atoms with van der Waals surface area (Å²) >= 11 is 0. The lowest BCUT2D eigenvalue weighted by Gasteiger charge is -2.33. The second-order valence-electron chi connectivity index (χ2n) is 4.15. The van der Waals surface area contributed by atoms with Gasteiger partial charge in [-0.15, -0.1) is 0 Å². The number of amides is 2. The predicted molar refractivity (Wildman–Crippen MR) is 53.2 cm³/mol. The van der Waals surface area contributed by atoms with Crippen LogP contribution in [0.25, 0.3) is 0 Å². The Morgan fingerprint density at radius 2 is 1.93 bits per heavy atom. The fraction of sp³-hybridized carbons (Fsp3) is 0.800. The highest BCUT2D eigenvalue weighted by Gasteiger charge is 2.36. The van der Waals surface area contributed by atoms with Crippen LogP contribution in [0.1, 0.15) is 19.3 Å². The molecule has 84 valence electrons. The molecule has 1 aliphatic carbocycles. The van der Waals surface area contributed by atoms with E-state index >= 15 is 0 Å². The Hall–Kier alpha value is -0.940. The number of methoxy groups -OCH3 is 1. The summed E-state index contributed by atoms with van der Waals surface area (Å²) in [6, 6.07) is 0.227. The van der Waals surface area contributed by atoms with Gasteiger partial charge in [0.05, 0.1) is 19.2 Å². The second-order valence-corrected chi connectivity index (χ2v) is 4.15. The van der Waals surface area contributed by atoms with E-state index in [0.29, 0.717) is 13.1 Å². The summed E-state index contributed by atoms with van der Waals surface area (Å²) in [5.74, 6) is -0.402. The molecule has 15 heavy (non-hydrogen) atoms. The van der Waals surface area contributed by atoms with Crippen molar-refractivity contribution >= 4 is 11.8 Å². The van der Waals surface area contributed by atoms with Gasteiger partial charge in [0.25, 0.3) is 0 Å². The van der Waals surface area contributed by atoms with Crippen LogP contribution < -0.4 is 5.32 Å². The smallest absolute Gasteiger partial charge is 0.240 e. The Balaban J connectivity index is 2.02. The van der Waals surface area contributed by atoms with Gasteiger partial charge in [-0.1, -0.05) is 0 Å². The highest BCUT2D eigenvalue weighted by Crippen LogP contribution is 2.26. The molecular weight excluding hydrogens is 196 g/mol. The number of hydrogen-bond donors (Lipinski definition) is 1. The minimum Gasteiger partial charge on any atom is -0.380 e. The number of piperazine rings is 1. The molecule has 2 rings (SSSR count). The van der Waals surface area contributed by atoms with E-state index < -0.39 is 0 Å². The second kappa shape index (κ2) is 4.28. The van der Waals surface area contributed by atoms with Crippen LogP contribution in [-0.4, -0.2) is 49.1 Å². The standard InChI is InChI=1S/C10H16N2O3/c1-15-8-4-2-3-7(8)12-5-9(13)11-10(14)6-12/h7-8H,2-6H2,1H3,(H,11,13,14). The Bertz CT molecular complexity index is 264. The van der Waals surface area contributed by atoms with Gasteiger partial charge in [-0.25, -0.2) is 0 Å². The molecule has 2 atom stereocenters. The first kappa shape index (κ1) is 10.6. The first-order chi connectivity index (χ1) is 7.20. The van der Waals surface area contributed by atoms with Gasteiger partial charge in [-0.05, 0) is 19.3 Å². The van der Waals surface area contributed by atoms with Crippen molar-refractivity contribution in [3.8, 4) is 0 Å². The van der Waals surface area contributed by atoms with Crippen molar-refractivity contribution in [2.75, 3.05) is 20.2 Å². The van der Waals surface area contributed by atoms with Crippen LogP contribution in [0.5, 0.6) is 0 Å². The number of ether oxygens (including phenoxy) is 1. The number of hydrogen-bond acceptors (Lipinski definition) is 4. The molecule has 2 unspecified atom stereocenters. The number of carbonyl (C=O) groups is 2. The van der Waals surface area contributed by atoms with Crippen molar-refractivity contribution in [3.63, 3.8) is 0 Å². The normalized spacial score (nSPS) is 33.1.